The van der Waals surface area contributed by atoms with E-state index in [2.05, 4.69) is 26.8 Å². The van der Waals surface area contributed by atoms with Crippen molar-refractivity contribution in [2.45, 2.75) is 53.9 Å². The molecule has 0 heterocycles. The van der Waals surface area contributed by atoms with Gasteiger partial charge in [-0.15, -0.1) is 0 Å². The molecule has 120 valence electrons. The van der Waals surface area contributed by atoms with Gasteiger partial charge in [0, 0.05) is 0 Å². The third kappa shape index (κ3) is 5.25. The Morgan fingerprint density at radius 3 is 2.45 bits per heavy atom. The van der Waals surface area contributed by atoms with Crippen molar-refractivity contribution in [1.29, 1.82) is 0 Å². The lowest BCUT2D eigenvalue weighted by atomic mass is 9.72. The standard InChI is InChI=1S/C20H27FO/c1-15(9-11-19(21)17(3)12-14-22)8-10-18-16(2)7-6-13-20(18,4)5/h8-12,14H,6-7,13H2,1-5H3/b10-8+,15-9-,17-12-,19-11+. The number of carbonyl (C=O) groups excluding carboxylic acids is 1. The molecule has 0 spiro atoms. The van der Waals surface area contributed by atoms with Crippen molar-refractivity contribution >= 4 is 6.29 Å². The van der Waals surface area contributed by atoms with Crippen molar-refractivity contribution in [3.8, 4) is 0 Å². The summed E-state index contributed by atoms with van der Waals surface area (Å²) in [6.07, 6.45) is 12.8. The molecule has 2 heteroatoms. The summed E-state index contributed by atoms with van der Waals surface area (Å²) in [5, 5.41) is 0. The first-order valence-corrected chi connectivity index (χ1v) is 7.83. The summed E-state index contributed by atoms with van der Waals surface area (Å²) >= 11 is 0. The summed E-state index contributed by atoms with van der Waals surface area (Å²) in [6.45, 7) is 10.3. The molecule has 1 aliphatic carbocycles. The fourth-order valence-electron chi connectivity index (χ4n) is 2.80. The molecule has 0 saturated heterocycles. The molecule has 0 bridgehead atoms. The highest BCUT2D eigenvalue weighted by Crippen LogP contribution is 2.40. The van der Waals surface area contributed by atoms with Crippen molar-refractivity contribution < 1.29 is 9.18 Å². The zero-order valence-corrected chi connectivity index (χ0v) is 14.4. The SMILES string of the molecule is CC1=C(/C=C/C(C)=C\C=C(F)/C(C)=C\C=O)C(C)(C)CCC1. The Balaban J connectivity index is 2.90. The van der Waals surface area contributed by atoms with Gasteiger partial charge in [0.1, 0.15) is 12.1 Å². The fraction of sp³-hybridized carbons (Fsp3) is 0.450. The van der Waals surface area contributed by atoms with Crippen LogP contribution in [0, 0.1) is 5.41 Å². The summed E-state index contributed by atoms with van der Waals surface area (Å²) < 4.78 is 13.7. The first kappa shape index (κ1) is 18.3. The van der Waals surface area contributed by atoms with E-state index in [-0.39, 0.29) is 11.2 Å². The molecule has 0 fully saturated rings. The molecule has 0 aliphatic heterocycles. The van der Waals surface area contributed by atoms with Crippen molar-refractivity contribution in [2.24, 2.45) is 5.41 Å². The van der Waals surface area contributed by atoms with Gasteiger partial charge < -0.3 is 0 Å². The van der Waals surface area contributed by atoms with Crippen LogP contribution in [-0.4, -0.2) is 6.29 Å². The van der Waals surface area contributed by atoms with Crippen LogP contribution >= 0.6 is 0 Å². The maximum Gasteiger partial charge on any atom is 0.143 e. The summed E-state index contributed by atoms with van der Waals surface area (Å²) in [4.78, 5) is 10.3. The summed E-state index contributed by atoms with van der Waals surface area (Å²) in [5.74, 6) is -0.381. The molecule has 1 aliphatic rings. The van der Waals surface area contributed by atoms with E-state index in [1.807, 2.05) is 13.0 Å². The van der Waals surface area contributed by atoms with Gasteiger partial charge >= 0.3 is 0 Å². The monoisotopic (exact) mass is 302 g/mol. The number of hydrogen-bond acceptors (Lipinski definition) is 1. The van der Waals surface area contributed by atoms with E-state index < -0.39 is 0 Å². The maximum absolute atomic E-state index is 13.7. The van der Waals surface area contributed by atoms with Crippen LogP contribution in [0.3, 0.4) is 0 Å². The highest BCUT2D eigenvalue weighted by molar-refractivity contribution is 5.67. The van der Waals surface area contributed by atoms with Crippen molar-refractivity contribution in [3.63, 3.8) is 0 Å². The molecule has 0 N–H and O–H groups in total. The van der Waals surface area contributed by atoms with Crippen LogP contribution in [0.1, 0.15) is 53.9 Å². The van der Waals surface area contributed by atoms with Crippen molar-refractivity contribution in [1.82, 2.24) is 0 Å². The highest BCUT2D eigenvalue weighted by Gasteiger charge is 2.26. The van der Waals surface area contributed by atoms with Crippen LogP contribution in [0.2, 0.25) is 0 Å². The van der Waals surface area contributed by atoms with Gasteiger partial charge in [-0.1, -0.05) is 43.2 Å². The van der Waals surface area contributed by atoms with E-state index in [1.165, 1.54) is 36.1 Å². The molecule has 1 nitrogen and oxygen atoms in total. The Labute approximate surface area is 134 Å². The number of halogens is 1. The minimum Gasteiger partial charge on any atom is -0.299 e. The molecule has 0 aromatic heterocycles. The molecule has 0 amide bonds. The average molecular weight is 302 g/mol. The van der Waals surface area contributed by atoms with Gasteiger partial charge in [-0.3, -0.25) is 4.79 Å². The fourth-order valence-corrected chi connectivity index (χ4v) is 2.80. The van der Waals surface area contributed by atoms with Gasteiger partial charge in [0.2, 0.25) is 0 Å². The van der Waals surface area contributed by atoms with Gasteiger partial charge in [-0.2, -0.15) is 0 Å². The Hall–Kier alpha value is -1.70. The van der Waals surface area contributed by atoms with E-state index >= 15 is 0 Å². The van der Waals surface area contributed by atoms with Gasteiger partial charge in [-0.05, 0) is 68.7 Å². The van der Waals surface area contributed by atoms with Crippen LogP contribution in [0.15, 0.2) is 58.5 Å². The zero-order chi connectivity index (χ0) is 16.8. The second kappa shape index (κ2) is 8.07. The minimum atomic E-state index is -0.381. The largest absolute Gasteiger partial charge is 0.299 e. The molecular weight excluding hydrogens is 275 g/mol. The predicted octanol–water partition coefficient (Wildman–Crippen LogP) is 6.01. The highest BCUT2D eigenvalue weighted by atomic mass is 19.1. The molecule has 0 aromatic carbocycles. The third-order valence-electron chi connectivity index (χ3n) is 4.24. The Bertz CT molecular complexity index is 569. The molecule has 1 rings (SSSR count). The topological polar surface area (TPSA) is 17.1 Å². The number of hydrogen-bond donors (Lipinski definition) is 0. The molecular formula is C20H27FO. The van der Waals surface area contributed by atoms with Gasteiger partial charge in [0.25, 0.3) is 0 Å². The normalized spacial score (nSPS) is 20.7. The molecule has 0 atom stereocenters. The Kier molecular flexibility index (Phi) is 6.73. The number of allylic oxidation sites excluding steroid dienone is 10. The number of carbonyl (C=O) groups is 1. The van der Waals surface area contributed by atoms with E-state index in [4.69, 9.17) is 0 Å². The minimum absolute atomic E-state index is 0.212. The summed E-state index contributed by atoms with van der Waals surface area (Å²) in [7, 11) is 0. The van der Waals surface area contributed by atoms with E-state index in [0.29, 0.717) is 11.9 Å². The predicted molar refractivity (Wildman–Crippen MR) is 92.2 cm³/mol. The average Bonchev–Trinajstić information content (AvgIpc) is 2.43. The van der Waals surface area contributed by atoms with Crippen LogP contribution in [0.4, 0.5) is 4.39 Å². The van der Waals surface area contributed by atoms with E-state index in [9.17, 15) is 9.18 Å². The molecule has 0 radical (unpaired) electrons. The van der Waals surface area contributed by atoms with Crippen molar-refractivity contribution in [2.75, 3.05) is 0 Å². The van der Waals surface area contributed by atoms with Crippen LogP contribution < -0.4 is 0 Å². The van der Waals surface area contributed by atoms with Gasteiger partial charge in [0.15, 0.2) is 0 Å². The molecule has 22 heavy (non-hydrogen) atoms. The quantitative estimate of drug-likeness (QED) is 0.345. The lowest BCUT2D eigenvalue weighted by Crippen LogP contribution is -2.19. The summed E-state index contributed by atoms with van der Waals surface area (Å²) in [6, 6.07) is 0. The number of aldehydes is 1. The molecule has 0 saturated carbocycles. The van der Waals surface area contributed by atoms with Gasteiger partial charge in [0.05, 0.1) is 0 Å². The van der Waals surface area contributed by atoms with Crippen LogP contribution in [-0.2, 0) is 4.79 Å². The third-order valence-corrected chi connectivity index (χ3v) is 4.24. The lowest BCUT2D eigenvalue weighted by Gasteiger charge is -2.32. The van der Waals surface area contributed by atoms with Gasteiger partial charge in [-0.25, -0.2) is 4.39 Å². The Morgan fingerprint density at radius 1 is 1.18 bits per heavy atom. The second-order valence-corrected chi connectivity index (χ2v) is 6.68. The Morgan fingerprint density at radius 2 is 1.86 bits per heavy atom. The lowest BCUT2D eigenvalue weighted by molar-refractivity contribution is -0.104. The molecule has 0 aromatic rings. The van der Waals surface area contributed by atoms with Crippen molar-refractivity contribution in [3.05, 3.63) is 58.5 Å². The molecule has 0 unspecified atom stereocenters. The smallest absolute Gasteiger partial charge is 0.143 e. The first-order valence-electron chi connectivity index (χ1n) is 7.83. The van der Waals surface area contributed by atoms with E-state index in [0.717, 1.165) is 12.0 Å². The van der Waals surface area contributed by atoms with Crippen LogP contribution in [0.25, 0.3) is 0 Å². The van der Waals surface area contributed by atoms with Crippen LogP contribution in [0.5, 0.6) is 0 Å². The van der Waals surface area contributed by atoms with E-state index in [1.54, 1.807) is 13.0 Å². The first-order chi connectivity index (χ1) is 10.3. The summed E-state index contributed by atoms with van der Waals surface area (Å²) in [5.41, 5.74) is 4.38. The maximum atomic E-state index is 13.7. The number of rotatable bonds is 5. The zero-order valence-electron chi connectivity index (χ0n) is 14.4. The second-order valence-electron chi connectivity index (χ2n) is 6.68.